The Kier molecular flexibility index (Phi) is 8.93. The molecular formula is C27H31N5O5. The molecule has 3 rings (SSSR count). The number of carbonyl (C=O) groups is 2. The first-order valence-corrected chi connectivity index (χ1v) is 11.7. The predicted molar refractivity (Wildman–Crippen MR) is 142 cm³/mol. The number of rotatable bonds is 12. The summed E-state index contributed by atoms with van der Waals surface area (Å²) in [5.74, 6) is -0.501. The Morgan fingerprint density at radius 1 is 0.973 bits per heavy atom. The van der Waals surface area contributed by atoms with Crippen molar-refractivity contribution < 1.29 is 24.2 Å². The van der Waals surface area contributed by atoms with Gasteiger partial charge in [0.25, 0.3) is 5.91 Å². The number of nitrogen functional groups attached to an aromatic ring is 1. The van der Waals surface area contributed by atoms with Gasteiger partial charge in [0.2, 0.25) is 0 Å². The lowest BCUT2D eigenvalue weighted by molar-refractivity contribution is -0.121. The van der Waals surface area contributed by atoms with Crippen LogP contribution >= 0.6 is 0 Å². The zero-order valence-corrected chi connectivity index (χ0v) is 20.9. The van der Waals surface area contributed by atoms with Crippen molar-refractivity contribution in [1.82, 2.24) is 5.43 Å². The largest absolute Gasteiger partial charge is 0.490 e. The molecule has 0 bridgehead atoms. The molecule has 0 aliphatic heterocycles. The summed E-state index contributed by atoms with van der Waals surface area (Å²) >= 11 is 0. The third kappa shape index (κ3) is 7.38. The standard InChI is InChI=1S/C27H31N5O5/c1-4-36-23-15-18(10-13-22(23)37-16(2)3)24(30-20-11-8-17(9-12-20)25(28)29)26(33)32-31-21-7-5-6-19(14-21)27(34)35/h5-16,24,30-31H,4H2,1-3H3,(H3,28,29)(H,32,33)(H,34,35). The molecule has 0 spiro atoms. The lowest BCUT2D eigenvalue weighted by Gasteiger charge is -2.22. The number of carboxylic acid groups (broad SMARTS) is 1. The summed E-state index contributed by atoms with van der Waals surface area (Å²) < 4.78 is 11.6. The second-order valence-corrected chi connectivity index (χ2v) is 8.37. The van der Waals surface area contributed by atoms with Gasteiger partial charge < -0.3 is 25.6 Å². The van der Waals surface area contributed by atoms with Gasteiger partial charge in [0.05, 0.1) is 24.0 Å². The second kappa shape index (κ2) is 12.3. The van der Waals surface area contributed by atoms with Crippen molar-refractivity contribution >= 4 is 29.1 Å². The highest BCUT2D eigenvalue weighted by Crippen LogP contribution is 2.33. The van der Waals surface area contributed by atoms with Crippen molar-refractivity contribution in [3.8, 4) is 11.5 Å². The summed E-state index contributed by atoms with van der Waals surface area (Å²) in [5.41, 5.74) is 13.2. The van der Waals surface area contributed by atoms with Crippen LogP contribution in [0, 0.1) is 5.41 Å². The number of amides is 1. The van der Waals surface area contributed by atoms with Gasteiger partial charge in [-0.1, -0.05) is 12.1 Å². The van der Waals surface area contributed by atoms with E-state index < -0.39 is 17.9 Å². The average Bonchev–Trinajstić information content (AvgIpc) is 2.87. The van der Waals surface area contributed by atoms with E-state index >= 15 is 0 Å². The fraction of sp³-hybridized carbons (Fsp3) is 0.222. The van der Waals surface area contributed by atoms with Gasteiger partial charge in [-0.25, -0.2) is 4.79 Å². The van der Waals surface area contributed by atoms with Gasteiger partial charge in [0.1, 0.15) is 11.9 Å². The predicted octanol–water partition coefficient (Wildman–Crippen LogP) is 4.15. The molecule has 10 nitrogen and oxygen atoms in total. The summed E-state index contributed by atoms with van der Waals surface area (Å²) in [6.45, 7) is 6.10. The molecule has 3 aromatic rings. The van der Waals surface area contributed by atoms with Crippen LogP contribution in [0.3, 0.4) is 0 Å². The van der Waals surface area contributed by atoms with Gasteiger partial charge in [0, 0.05) is 11.3 Å². The number of anilines is 2. The molecule has 37 heavy (non-hydrogen) atoms. The second-order valence-electron chi connectivity index (χ2n) is 8.37. The Labute approximate surface area is 215 Å². The third-order valence-electron chi connectivity index (χ3n) is 5.17. The minimum atomic E-state index is -1.07. The first kappa shape index (κ1) is 26.9. The Hall–Kier alpha value is -4.73. The minimum absolute atomic E-state index is 0.0595. The summed E-state index contributed by atoms with van der Waals surface area (Å²) in [6, 6.07) is 17.3. The normalized spacial score (nSPS) is 11.4. The summed E-state index contributed by atoms with van der Waals surface area (Å²) in [6.07, 6.45) is -0.0622. The Balaban J connectivity index is 1.91. The van der Waals surface area contributed by atoms with Gasteiger partial charge in [-0.15, -0.1) is 0 Å². The van der Waals surface area contributed by atoms with Crippen LogP contribution in [-0.4, -0.2) is 35.5 Å². The van der Waals surface area contributed by atoms with Crippen molar-refractivity contribution in [2.24, 2.45) is 5.73 Å². The van der Waals surface area contributed by atoms with Gasteiger partial charge in [-0.2, -0.15) is 0 Å². The fourth-order valence-corrected chi connectivity index (χ4v) is 3.47. The lowest BCUT2D eigenvalue weighted by Crippen LogP contribution is -2.37. The Morgan fingerprint density at radius 2 is 1.70 bits per heavy atom. The van der Waals surface area contributed by atoms with E-state index in [-0.39, 0.29) is 17.5 Å². The molecule has 0 heterocycles. The third-order valence-corrected chi connectivity index (χ3v) is 5.17. The topological polar surface area (TPSA) is 159 Å². The van der Waals surface area contributed by atoms with E-state index in [1.54, 1.807) is 54.6 Å². The Morgan fingerprint density at radius 3 is 2.32 bits per heavy atom. The number of amidine groups is 1. The smallest absolute Gasteiger partial charge is 0.335 e. The molecule has 0 radical (unpaired) electrons. The molecule has 0 aliphatic rings. The minimum Gasteiger partial charge on any atom is -0.490 e. The van der Waals surface area contributed by atoms with Crippen molar-refractivity contribution in [2.75, 3.05) is 17.3 Å². The molecule has 0 fully saturated rings. The SMILES string of the molecule is CCOc1cc(C(Nc2ccc(C(=N)N)cc2)C(=O)NNc2cccc(C(=O)O)c2)ccc1OC(C)C. The van der Waals surface area contributed by atoms with E-state index in [1.807, 2.05) is 20.8 Å². The molecule has 1 amide bonds. The van der Waals surface area contributed by atoms with Crippen molar-refractivity contribution in [3.05, 3.63) is 83.4 Å². The molecule has 194 valence electrons. The molecule has 1 unspecified atom stereocenters. The van der Waals surface area contributed by atoms with Crippen LogP contribution in [-0.2, 0) is 4.79 Å². The van der Waals surface area contributed by atoms with Crippen LogP contribution < -0.4 is 31.4 Å². The van der Waals surface area contributed by atoms with Crippen LogP contribution in [0.1, 0.15) is 48.3 Å². The molecule has 10 heteroatoms. The number of ether oxygens (including phenoxy) is 2. The number of aromatic carboxylic acids is 1. The van der Waals surface area contributed by atoms with E-state index in [2.05, 4.69) is 16.2 Å². The van der Waals surface area contributed by atoms with E-state index in [9.17, 15) is 14.7 Å². The van der Waals surface area contributed by atoms with E-state index in [0.29, 0.717) is 40.6 Å². The number of carboxylic acids is 1. The zero-order chi connectivity index (χ0) is 26.9. The number of nitrogens with two attached hydrogens (primary N) is 1. The summed E-state index contributed by atoms with van der Waals surface area (Å²) in [7, 11) is 0. The molecule has 0 aromatic heterocycles. The summed E-state index contributed by atoms with van der Waals surface area (Å²) in [4.78, 5) is 24.6. The highest BCUT2D eigenvalue weighted by Gasteiger charge is 2.23. The van der Waals surface area contributed by atoms with E-state index in [1.165, 1.54) is 12.1 Å². The number of hydrogen-bond acceptors (Lipinski definition) is 7. The molecule has 1 atom stereocenters. The lowest BCUT2D eigenvalue weighted by atomic mass is 10.0. The van der Waals surface area contributed by atoms with Crippen molar-refractivity contribution in [2.45, 2.75) is 32.9 Å². The molecular weight excluding hydrogens is 474 g/mol. The first-order chi connectivity index (χ1) is 17.7. The molecule has 0 saturated carbocycles. The van der Waals surface area contributed by atoms with Gasteiger partial charge in [-0.3, -0.25) is 21.1 Å². The van der Waals surface area contributed by atoms with E-state index in [4.69, 9.17) is 20.6 Å². The number of carbonyl (C=O) groups excluding carboxylic acids is 1. The van der Waals surface area contributed by atoms with Gasteiger partial charge in [0.15, 0.2) is 11.5 Å². The highest BCUT2D eigenvalue weighted by atomic mass is 16.5. The quantitative estimate of drug-likeness (QED) is 0.122. The average molecular weight is 506 g/mol. The zero-order valence-electron chi connectivity index (χ0n) is 20.9. The first-order valence-electron chi connectivity index (χ1n) is 11.7. The Bertz CT molecular complexity index is 1260. The number of hydrogen-bond donors (Lipinski definition) is 6. The number of nitrogens with one attached hydrogen (secondary N) is 4. The molecule has 0 saturated heterocycles. The summed E-state index contributed by atoms with van der Waals surface area (Å²) in [5, 5.41) is 20.0. The van der Waals surface area contributed by atoms with Gasteiger partial charge in [-0.05, 0) is 80.9 Å². The van der Waals surface area contributed by atoms with Crippen LogP contribution in [0.5, 0.6) is 11.5 Å². The maximum absolute atomic E-state index is 13.4. The monoisotopic (exact) mass is 505 g/mol. The van der Waals surface area contributed by atoms with Gasteiger partial charge >= 0.3 is 5.97 Å². The maximum atomic E-state index is 13.4. The van der Waals surface area contributed by atoms with Crippen LogP contribution in [0.25, 0.3) is 0 Å². The van der Waals surface area contributed by atoms with Crippen molar-refractivity contribution in [1.29, 1.82) is 5.41 Å². The molecule has 0 aliphatic carbocycles. The van der Waals surface area contributed by atoms with E-state index in [0.717, 1.165) is 0 Å². The van der Waals surface area contributed by atoms with Crippen molar-refractivity contribution in [3.63, 3.8) is 0 Å². The fourth-order valence-electron chi connectivity index (χ4n) is 3.47. The molecule has 7 N–H and O–H groups in total. The van der Waals surface area contributed by atoms with Crippen LogP contribution in [0.15, 0.2) is 66.7 Å². The van der Waals surface area contributed by atoms with Crippen LogP contribution in [0.4, 0.5) is 11.4 Å². The van der Waals surface area contributed by atoms with Crippen LogP contribution in [0.2, 0.25) is 0 Å². The number of benzene rings is 3. The maximum Gasteiger partial charge on any atom is 0.335 e. The number of hydrazine groups is 1. The highest BCUT2D eigenvalue weighted by molar-refractivity contribution is 5.95. The molecule has 3 aromatic carbocycles.